The molecule has 1 aliphatic rings. The Bertz CT molecular complexity index is 822. The van der Waals surface area contributed by atoms with Crippen molar-refractivity contribution < 1.29 is 0 Å². The number of aromatic nitrogens is 1. The van der Waals surface area contributed by atoms with E-state index in [1.165, 1.54) is 16.7 Å². The van der Waals surface area contributed by atoms with Gasteiger partial charge in [0, 0.05) is 45.5 Å². The molecule has 2 aromatic rings. The van der Waals surface area contributed by atoms with Gasteiger partial charge in [-0.25, -0.2) is 9.98 Å². The Morgan fingerprint density at radius 3 is 2.47 bits per heavy atom. The van der Waals surface area contributed by atoms with E-state index in [2.05, 4.69) is 83.4 Å². The fourth-order valence-electron chi connectivity index (χ4n) is 3.73. The van der Waals surface area contributed by atoms with Crippen LogP contribution in [0, 0.1) is 13.8 Å². The lowest BCUT2D eigenvalue weighted by atomic mass is 10.1. The van der Waals surface area contributed by atoms with Crippen LogP contribution < -0.4 is 15.5 Å². The van der Waals surface area contributed by atoms with Crippen molar-refractivity contribution in [3.63, 3.8) is 0 Å². The van der Waals surface area contributed by atoms with Gasteiger partial charge in [0.25, 0.3) is 0 Å². The highest BCUT2D eigenvalue weighted by Gasteiger charge is 2.16. The van der Waals surface area contributed by atoms with Gasteiger partial charge < -0.3 is 20.4 Å². The number of hydrogen-bond donors (Lipinski definition) is 2. The molecule has 0 aliphatic carbocycles. The molecule has 0 amide bonds. The zero-order valence-corrected chi connectivity index (χ0v) is 18.9. The molecule has 0 unspecified atom stereocenters. The summed E-state index contributed by atoms with van der Waals surface area (Å²) in [6.45, 7) is 16.2. The van der Waals surface area contributed by atoms with E-state index in [1.54, 1.807) is 0 Å². The minimum Gasteiger partial charge on any atom is -0.357 e. The maximum absolute atomic E-state index is 4.74. The number of likely N-dealkylation sites (N-methyl/N-ethyl adjacent to an activating group) is 1. The molecule has 6 heteroatoms. The fraction of sp³-hybridized carbons (Fsp3) is 0.500. The Morgan fingerprint density at radius 1 is 1.03 bits per heavy atom. The molecule has 0 spiro atoms. The predicted octanol–water partition coefficient (Wildman–Crippen LogP) is 3.10. The largest absolute Gasteiger partial charge is 0.357 e. The second-order valence-corrected chi connectivity index (χ2v) is 7.92. The number of aliphatic imine (C=N–C) groups is 1. The summed E-state index contributed by atoms with van der Waals surface area (Å²) in [6.07, 6.45) is 1.96. The molecule has 0 saturated carbocycles. The first-order chi connectivity index (χ1) is 14.6. The first kappa shape index (κ1) is 22.1. The number of benzene rings is 1. The first-order valence-electron chi connectivity index (χ1n) is 11.1. The molecule has 0 bridgehead atoms. The third-order valence-electron chi connectivity index (χ3n) is 5.66. The van der Waals surface area contributed by atoms with E-state index in [0.29, 0.717) is 6.54 Å². The summed E-state index contributed by atoms with van der Waals surface area (Å²) in [5.74, 6) is 1.90. The van der Waals surface area contributed by atoms with E-state index in [4.69, 9.17) is 4.99 Å². The normalized spacial score (nSPS) is 15.3. The molecule has 3 rings (SSSR count). The van der Waals surface area contributed by atoms with Gasteiger partial charge >= 0.3 is 0 Å². The van der Waals surface area contributed by atoms with Crippen molar-refractivity contribution in [3.8, 4) is 0 Å². The summed E-state index contributed by atoms with van der Waals surface area (Å²) >= 11 is 0. The van der Waals surface area contributed by atoms with Crippen LogP contribution in [0.25, 0.3) is 0 Å². The molecule has 1 aromatic carbocycles. The van der Waals surface area contributed by atoms with Crippen LogP contribution in [0.4, 0.5) is 5.82 Å². The van der Waals surface area contributed by atoms with Crippen LogP contribution in [0.2, 0.25) is 0 Å². The number of piperazine rings is 1. The quantitative estimate of drug-likeness (QED) is 0.545. The zero-order valence-electron chi connectivity index (χ0n) is 18.9. The highest BCUT2D eigenvalue weighted by atomic mass is 15.3. The maximum Gasteiger partial charge on any atom is 0.191 e. The highest BCUT2D eigenvalue weighted by Crippen LogP contribution is 2.14. The molecular formula is C24H36N6. The Hall–Kier alpha value is -2.60. The molecule has 2 N–H and O–H groups in total. The summed E-state index contributed by atoms with van der Waals surface area (Å²) in [6, 6.07) is 10.8. The van der Waals surface area contributed by atoms with Gasteiger partial charge in [0.15, 0.2) is 5.96 Å². The summed E-state index contributed by atoms with van der Waals surface area (Å²) in [4.78, 5) is 14.3. The molecule has 2 heterocycles. The van der Waals surface area contributed by atoms with Gasteiger partial charge in [-0.1, -0.05) is 36.8 Å². The van der Waals surface area contributed by atoms with Crippen molar-refractivity contribution >= 4 is 11.8 Å². The van der Waals surface area contributed by atoms with E-state index >= 15 is 0 Å². The number of nitrogens with one attached hydrogen (secondary N) is 2. The summed E-state index contributed by atoms with van der Waals surface area (Å²) in [7, 11) is 0. The lowest BCUT2D eigenvalue weighted by molar-refractivity contribution is 0.270. The first-order valence-corrected chi connectivity index (χ1v) is 11.1. The molecule has 0 atom stereocenters. The average molecular weight is 409 g/mol. The Morgan fingerprint density at radius 2 is 1.83 bits per heavy atom. The fourth-order valence-corrected chi connectivity index (χ4v) is 3.73. The number of rotatable bonds is 7. The number of guanidine groups is 1. The molecular weight excluding hydrogens is 372 g/mol. The van der Waals surface area contributed by atoms with Crippen molar-refractivity contribution in [3.05, 3.63) is 58.8 Å². The van der Waals surface area contributed by atoms with E-state index < -0.39 is 0 Å². The molecule has 6 nitrogen and oxygen atoms in total. The van der Waals surface area contributed by atoms with Crippen LogP contribution in [0.3, 0.4) is 0 Å². The second-order valence-electron chi connectivity index (χ2n) is 7.92. The third-order valence-corrected chi connectivity index (χ3v) is 5.66. The molecule has 1 aromatic heterocycles. The lowest BCUT2D eigenvalue weighted by Crippen LogP contribution is -2.46. The molecule has 1 saturated heterocycles. The number of anilines is 1. The van der Waals surface area contributed by atoms with Crippen LogP contribution in [-0.4, -0.2) is 55.1 Å². The molecule has 162 valence electrons. The van der Waals surface area contributed by atoms with Gasteiger partial charge in [-0.05, 0) is 50.1 Å². The van der Waals surface area contributed by atoms with Crippen molar-refractivity contribution in [1.29, 1.82) is 0 Å². The average Bonchev–Trinajstić information content (AvgIpc) is 2.77. The molecule has 1 fully saturated rings. The highest BCUT2D eigenvalue weighted by molar-refractivity contribution is 5.79. The van der Waals surface area contributed by atoms with Crippen LogP contribution in [0.15, 0.2) is 41.5 Å². The Labute approximate surface area is 181 Å². The molecule has 0 radical (unpaired) electrons. The van der Waals surface area contributed by atoms with E-state index in [0.717, 1.165) is 63.2 Å². The number of aryl methyl sites for hydroxylation is 2. The zero-order chi connectivity index (χ0) is 21.3. The smallest absolute Gasteiger partial charge is 0.191 e. The second kappa shape index (κ2) is 11.0. The van der Waals surface area contributed by atoms with Gasteiger partial charge in [0.05, 0.1) is 6.54 Å². The Kier molecular flexibility index (Phi) is 8.08. The predicted molar refractivity (Wildman–Crippen MR) is 126 cm³/mol. The monoisotopic (exact) mass is 408 g/mol. The topological polar surface area (TPSA) is 55.8 Å². The SMILES string of the molecule is CCNC(=NCc1ccc(N2CCN(CC)CC2)nc1)NCc1ccc(C)cc1C. The van der Waals surface area contributed by atoms with Crippen LogP contribution >= 0.6 is 0 Å². The van der Waals surface area contributed by atoms with E-state index in [9.17, 15) is 0 Å². The lowest BCUT2D eigenvalue weighted by Gasteiger charge is -2.34. The maximum atomic E-state index is 4.74. The van der Waals surface area contributed by atoms with Crippen molar-refractivity contribution in [1.82, 2.24) is 20.5 Å². The van der Waals surface area contributed by atoms with Crippen molar-refractivity contribution in [2.24, 2.45) is 4.99 Å². The van der Waals surface area contributed by atoms with E-state index in [1.807, 2.05) is 6.20 Å². The summed E-state index contributed by atoms with van der Waals surface area (Å²) < 4.78 is 0. The summed E-state index contributed by atoms with van der Waals surface area (Å²) in [5.41, 5.74) is 5.01. The van der Waals surface area contributed by atoms with Gasteiger partial charge in [-0.3, -0.25) is 0 Å². The van der Waals surface area contributed by atoms with Gasteiger partial charge in [-0.15, -0.1) is 0 Å². The Balaban J connectivity index is 1.56. The van der Waals surface area contributed by atoms with Gasteiger partial charge in [0.1, 0.15) is 5.82 Å². The minimum atomic E-state index is 0.610. The number of hydrogen-bond acceptors (Lipinski definition) is 4. The standard InChI is InChI=1S/C24H36N6/c1-5-25-24(28-18-22-9-7-19(3)15-20(22)4)27-17-21-8-10-23(26-16-21)30-13-11-29(6-2)12-14-30/h7-10,15-16H,5-6,11-14,17-18H2,1-4H3,(H2,25,27,28). The van der Waals surface area contributed by atoms with Gasteiger partial charge in [0.2, 0.25) is 0 Å². The van der Waals surface area contributed by atoms with E-state index in [-0.39, 0.29) is 0 Å². The van der Waals surface area contributed by atoms with Crippen LogP contribution in [0.5, 0.6) is 0 Å². The molecule has 1 aliphatic heterocycles. The van der Waals surface area contributed by atoms with Crippen molar-refractivity contribution in [2.75, 3.05) is 44.2 Å². The number of pyridine rings is 1. The van der Waals surface area contributed by atoms with Gasteiger partial charge in [-0.2, -0.15) is 0 Å². The molecule has 30 heavy (non-hydrogen) atoms. The van der Waals surface area contributed by atoms with Crippen LogP contribution in [-0.2, 0) is 13.1 Å². The van der Waals surface area contributed by atoms with Crippen molar-refractivity contribution in [2.45, 2.75) is 40.8 Å². The minimum absolute atomic E-state index is 0.610. The summed E-state index contributed by atoms with van der Waals surface area (Å²) in [5, 5.41) is 6.78. The number of nitrogens with zero attached hydrogens (tertiary/aromatic N) is 4. The third kappa shape index (κ3) is 6.20. The van der Waals surface area contributed by atoms with Crippen LogP contribution in [0.1, 0.15) is 36.1 Å².